The van der Waals surface area contributed by atoms with Gasteiger partial charge in [-0.2, -0.15) is 0 Å². The van der Waals surface area contributed by atoms with Crippen molar-refractivity contribution in [3.05, 3.63) is 0 Å². The number of aliphatic hydroxyl groups excluding tert-OH is 18. The number of hydrogen-bond acceptors (Lipinski definition) is 35. The topological polar surface area (TPSA) is 552 Å². The van der Waals surface area contributed by atoms with Gasteiger partial charge < -0.3 is 144 Å². The van der Waals surface area contributed by atoms with Crippen molar-refractivity contribution in [3.8, 4) is 0 Å². The first-order valence-electron chi connectivity index (χ1n) is 22.9. The van der Waals surface area contributed by atoms with Crippen molar-refractivity contribution in [2.75, 3.05) is 52.9 Å². The molecule has 0 aromatic rings. The molecule has 0 aliphatic carbocycles. The lowest BCUT2D eigenvalue weighted by atomic mass is 9.96. The summed E-state index contributed by atoms with van der Waals surface area (Å²) in [5.74, 6) is 0. The highest BCUT2D eigenvalue weighted by atomic mass is 31.1. The third kappa shape index (κ3) is 17.8. The van der Waals surface area contributed by atoms with E-state index in [0.29, 0.717) is 0 Å². The van der Waals surface area contributed by atoms with Gasteiger partial charge in [-0.05, 0) is 13.8 Å². The van der Waals surface area contributed by atoms with Crippen molar-refractivity contribution in [2.24, 2.45) is 0 Å². The van der Waals surface area contributed by atoms with Gasteiger partial charge in [-0.1, -0.05) is 0 Å². The van der Waals surface area contributed by atoms with Crippen LogP contribution in [0.15, 0.2) is 0 Å². The molecule has 0 radical (unpaired) electrons. The second kappa shape index (κ2) is 31.0. The monoisotopic (exact) mass is 1150 g/mol. The standard InChI is InChI=1S/C38H68O35P2/c1-11(43)17(7-62-37-31(26(52)21(47)15(5-41)66-37)72-35(14(46)4-40)69-18(12(2)44)9-63-74(57)58)68-34(13(45)3-39)61-8-19-24(50)30(29(55)33(56)65-19)71-38-32(27(53)22(48)16(6-42)67-38)73-36-28(54)25(51)23(49)20(70-36)10-64-75(59)60/h11-56H,3-10H2,1-2H3/t11-,12-,13+,14+,15?,16?,17?,18?,19?,20?,21+,22+,23+,24+,25?,26?,27?,28?,29+,30?,31?,32?,33+,34-,35+,36+,37-,38+/m0/s1. The van der Waals surface area contributed by atoms with Crippen LogP contribution in [-0.4, -0.2) is 317 Å². The molecular formula is C38H68O35P2. The molecule has 4 aliphatic rings. The van der Waals surface area contributed by atoms with Gasteiger partial charge >= 0.3 is 15.8 Å². The Kier molecular flexibility index (Phi) is 27.3. The predicted octanol–water partition coefficient (Wildman–Crippen LogP) is -10.6. The highest BCUT2D eigenvalue weighted by Gasteiger charge is 2.55. The molecule has 4 rings (SSSR count). The number of rotatable bonds is 30. The molecule has 440 valence electrons. The van der Waals surface area contributed by atoms with E-state index in [4.69, 9.17) is 52.1 Å². The van der Waals surface area contributed by atoms with Crippen LogP contribution in [0.1, 0.15) is 13.8 Å². The molecule has 75 heavy (non-hydrogen) atoms. The summed E-state index contributed by atoms with van der Waals surface area (Å²) in [4.78, 5) is 0. The molecule has 35 nitrogen and oxygen atoms in total. The Morgan fingerprint density at radius 2 is 0.947 bits per heavy atom. The van der Waals surface area contributed by atoms with Crippen LogP contribution in [0.2, 0.25) is 0 Å². The maximum Gasteiger partial charge on any atom is 0.468 e. The van der Waals surface area contributed by atoms with Crippen LogP contribution in [0.4, 0.5) is 0 Å². The van der Waals surface area contributed by atoms with Crippen molar-refractivity contribution < 1.29 is 171 Å². The van der Waals surface area contributed by atoms with Gasteiger partial charge in [0.05, 0.1) is 65.1 Å². The molecule has 0 aromatic carbocycles. The smallest absolute Gasteiger partial charge is 0.394 e. The lowest BCUT2D eigenvalue weighted by Crippen LogP contribution is -2.67. The van der Waals surface area contributed by atoms with Gasteiger partial charge in [-0.15, -0.1) is 0 Å². The van der Waals surface area contributed by atoms with Crippen molar-refractivity contribution in [1.29, 1.82) is 0 Å². The first kappa shape index (κ1) is 66.1. The molecule has 0 saturated carbocycles. The minimum absolute atomic E-state index is 0.832. The molecule has 0 amide bonds. The van der Waals surface area contributed by atoms with Crippen molar-refractivity contribution in [2.45, 2.75) is 186 Å². The van der Waals surface area contributed by atoms with Crippen LogP contribution in [0.3, 0.4) is 0 Å². The largest absolute Gasteiger partial charge is 0.468 e. The summed E-state index contributed by atoms with van der Waals surface area (Å²) in [5, 5.41) is 190. The SMILES string of the molecule is C[C@H](O)C(CO[C@H]1OC(CO)[C@@H](O)C(O)C1O[C@@H](OC(COP(=O)=O)[C@H](C)O)[C@H](O)CO)O[C@H](OCC1O[C@@H](O)[C@H](O)C(O[C@H]2OC(CO)[C@@H](O)C(O)C2O[C@H]2OC(COP(=O)=O)[C@@H](O)C(O)C2O)[C@@H]1O)[C@H](O)CO. The molecule has 28 atom stereocenters. The van der Waals surface area contributed by atoms with E-state index in [1.165, 1.54) is 0 Å². The lowest BCUT2D eigenvalue weighted by Gasteiger charge is -2.48. The maximum absolute atomic E-state index is 11.5. The summed E-state index contributed by atoms with van der Waals surface area (Å²) in [6.07, 6.45) is -54.6. The molecule has 4 saturated heterocycles. The van der Waals surface area contributed by atoms with Crippen molar-refractivity contribution in [1.82, 2.24) is 0 Å². The van der Waals surface area contributed by atoms with Gasteiger partial charge in [0.2, 0.25) is 0 Å². The quantitative estimate of drug-likeness (QED) is 0.0235. The summed E-state index contributed by atoms with van der Waals surface area (Å²) in [6.45, 7) is -5.47. The summed E-state index contributed by atoms with van der Waals surface area (Å²) in [7, 11) is -6.96. The third-order valence-corrected chi connectivity index (χ3v) is 12.8. The third-order valence-electron chi connectivity index (χ3n) is 12.1. The summed E-state index contributed by atoms with van der Waals surface area (Å²) in [6, 6.07) is 0. The average Bonchev–Trinajstić information content (AvgIpc) is 3.37. The molecule has 4 fully saturated rings. The zero-order valence-electron chi connectivity index (χ0n) is 39.7. The molecule has 13 unspecified atom stereocenters. The fraction of sp³-hybridized carbons (Fsp3) is 1.00. The van der Waals surface area contributed by atoms with Gasteiger partial charge in [0, 0.05) is 0 Å². The zero-order valence-corrected chi connectivity index (χ0v) is 41.5. The summed E-state index contributed by atoms with van der Waals surface area (Å²) in [5.41, 5.74) is 0. The number of aliphatic hydroxyl groups is 18. The van der Waals surface area contributed by atoms with E-state index in [-0.39, 0.29) is 0 Å². The van der Waals surface area contributed by atoms with Crippen LogP contribution in [0, 0.1) is 0 Å². The first-order chi connectivity index (χ1) is 35.3. The minimum Gasteiger partial charge on any atom is -0.394 e. The summed E-state index contributed by atoms with van der Waals surface area (Å²) < 4.78 is 114. The Balaban J connectivity index is 1.52. The van der Waals surface area contributed by atoms with Crippen LogP contribution in [0.5, 0.6) is 0 Å². The van der Waals surface area contributed by atoms with Gasteiger partial charge in [0.15, 0.2) is 37.7 Å². The van der Waals surface area contributed by atoms with Gasteiger partial charge in [-0.25, -0.2) is 18.3 Å². The predicted molar refractivity (Wildman–Crippen MR) is 227 cm³/mol. The fourth-order valence-corrected chi connectivity index (χ4v) is 8.23. The van der Waals surface area contributed by atoms with E-state index >= 15 is 0 Å². The van der Waals surface area contributed by atoms with Crippen molar-refractivity contribution >= 4 is 15.8 Å². The van der Waals surface area contributed by atoms with Crippen molar-refractivity contribution in [3.63, 3.8) is 0 Å². The van der Waals surface area contributed by atoms with E-state index in [1.807, 2.05) is 0 Å². The Morgan fingerprint density at radius 3 is 1.49 bits per heavy atom. The molecule has 4 heterocycles. The van der Waals surface area contributed by atoms with E-state index in [0.717, 1.165) is 13.8 Å². The van der Waals surface area contributed by atoms with Gasteiger partial charge in [0.25, 0.3) is 0 Å². The number of hydrogen-bond donors (Lipinski definition) is 18. The molecule has 37 heteroatoms. The second-order valence-electron chi connectivity index (χ2n) is 17.5. The lowest BCUT2D eigenvalue weighted by molar-refractivity contribution is -0.388. The number of ether oxygens (including phenoxy) is 11. The van der Waals surface area contributed by atoms with E-state index in [9.17, 15) is 110 Å². The Bertz CT molecular complexity index is 1790. The molecule has 0 spiro atoms. The molecule has 0 bridgehead atoms. The van der Waals surface area contributed by atoms with Gasteiger partial charge in [0.1, 0.15) is 122 Å². The Morgan fingerprint density at radius 1 is 0.467 bits per heavy atom. The minimum atomic E-state index is -3.50. The Labute approximate surface area is 425 Å². The van der Waals surface area contributed by atoms with Crippen LogP contribution >= 0.6 is 15.8 Å². The highest BCUT2D eigenvalue weighted by Crippen LogP contribution is 2.34. The van der Waals surface area contributed by atoms with E-state index in [1.54, 1.807) is 0 Å². The van der Waals surface area contributed by atoms with Crippen LogP contribution in [-0.2, 0) is 79.4 Å². The fourth-order valence-electron chi connectivity index (χ4n) is 7.70. The van der Waals surface area contributed by atoms with E-state index < -0.39 is 241 Å². The zero-order chi connectivity index (χ0) is 56.2. The maximum atomic E-state index is 11.5. The molecule has 4 aliphatic heterocycles. The van der Waals surface area contributed by atoms with Gasteiger partial charge in [-0.3, -0.25) is 9.05 Å². The average molecular weight is 1150 g/mol. The highest BCUT2D eigenvalue weighted by molar-refractivity contribution is 7.24. The normalized spacial score (nSPS) is 39.9. The van der Waals surface area contributed by atoms with Crippen LogP contribution in [0.25, 0.3) is 0 Å². The first-order valence-corrected chi connectivity index (χ1v) is 25.1. The summed E-state index contributed by atoms with van der Waals surface area (Å²) >= 11 is 0. The molecule has 0 aromatic heterocycles. The molecular weight excluding hydrogens is 1080 g/mol. The van der Waals surface area contributed by atoms with Crippen LogP contribution < -0.4 is 0 Å². The van der Waals surface area contributed by atoms with E-state index in [2.05, 4.69) is 9.05 Å². The molecule has 18 N–H and O–H groups in total. The Hall–Kier alpha value is -1.44. The second-order valence-corrected chi connectivity index (χ2v) is 19.0.